The Kier molecular flexibility index (Phi) is 6.11. The molecule has 1 fully saturated rings. The lowest BCUT2D eigenvalue weighted by atomic mass is 9.98. The van der Waals surface area contributed by atoms with E-state index in [9.17, 15) is 19.5 Å². The topological polar surface area (TPSA) is 111 Å². The van der Waals surface area contributed by atoms with Gasteiger partial charge >= 0.3 is 11.9 Å². The van der Waals surface area contributed by atoms with Crippen LogP contribution < -0.4 is 5.32 Å². The number of aliphatic hydroxyl groups excluding tert-OH is 1. The molecule has 1 aliphatic rings. The van der Waals surface area contributed by atoms with E-state index >= 15 is 0 Å². The number of carbonyl (C=O) groups excluding carboxylic acids is 3. The van der Waals surface area contributed by atoms with Crippen molar-refractivity contribution >= 4 is 17.8 Å². The molecule has 8 heteroatoms. The first-order valence-electron chi connectivity index (χ1n) is 7.83. The van der Waals surface area contributed by atoms with Crippen LogP contribution in [0.5, 0.6) is 0 Å². The molecular weight excluding hydrogens is 330 g/mol. The zero-order chi connectivity index (χ0) is 18.4. The van der Waals surface area contributed by atoms with Gasteiger partial charge in [0.05, 0.1) is 19.1 Å². The fourth-order valence-corrected chi connectivity index (χ4v) is 2.65. The smallest absolute Gasteiger partial charge is 0.305 e. The number of nitrogens with one attached hydrogen (secondary N) is 1. The second kappa shape index (κ2) is 8.09. The number of hydrogen-bond donors (Lipinski definition) is 2. The molecule has 0 aromatic heterocycles. The van der Waals surface area contributed by atoms with Crippen molar-refractivity contribution in [3.8, 4) is 0 Å². The third-order valence-electron chi connectivity index (χ3n) is 3.73. The van der Waals surface area contributed by atoms with Crippen molar-refractivity contribution in [2.24, 2.45) is 0 Å². The maximum atomic E-state index is 12.3. The summed E-state index contributed by atoms with van der Waals surface area (Å²) >= 11 is 0. The quantitative estimate of drug-likeness (QED) is 0.738. The molecule has 1 amide bonds. The molecule has 136 valence electrons. The third kappa shape index (κ3) is 5.01. The molecule has 0 radical (unpaired) electrons. The molecule has 0 bridgehead atoms. The monoisotopic (exact) mass is 351 g/mol. The fraction of sp³-hybridized carbons (Fsp3) is 0.471. The molecule has 25 heavy (non-hydrogen) atoms. The van der Waals surface area contributed by atoms with Gasteiger partial charge in [-0.2, -0.15) is 0 Å². The van der Waals surface area contributed by atoms with Gasteiger partial charge in [-0.05, 0) is 12.1 Å². The molecule has 0 aliphatic carbocycles. The van der Waals surface area contributed by atoms with Crippen LogP contribution in [0.25, 0.3) is 0 Å². The van der Waals surface area contributed by atoms with Crippen LogP contribution in [0.4, 0.5) is 0 Å². The number of aliphatic hydroxyl groups is 1. The van der Waals surface area contributed by atoms with Crippen molar-refractivity contribution in [1.29, 1.82) is 0 Å². The third-order valence-corrected chi connectivity index (χ3v) is 3.73. The number of esters is 2. The van der Waals surface area contributed by atoms with Crippen LogP contribution in [0, 0.1) is 0 Å². The zero-order valence-corrected chi connectivity index (χ0v) is 14.1. The summed E-state index contributed by atoms with van der Waals surface area (Å²) in [5.74, 6) is -3.14. The molecule has 1 aliphatic heterocycles. The molecule has 0 spiro atoms. The Hall–Kier alpha value is -2.45. The SMILES string of the molecule is CC(=O)OC1CC(CO)(OC(C)=O)OCC1NC(=O)c1ccccc1. The highest BCUT2D eigenvalue weighted by atomic mass is 16.7. The minimum absolute atomic E-state index is 0.0929. The highest BCUT2D eigenvalue weighted by molar-refractivity contribution is 5.94. The first-order valence-corrected chi connectivity index (χ1v) is 7.83. The Labute approximate surface area is 145 Å². The lowest BCUT2D eigenvalue weighted by molar-refractivity contribution is -0.278. The fourth-order valence-electron chi connectivity index (χ4n) is 2.65. The van der Waals surface area contributed by atoms with Gasteiger partial charge in [0.2, 0.25) is 5.79 Å². The molecule has 0 saturated carbocycles. The Morgan fingerprint density at radius 1 is 1.24 bits per heavy atom. The van der Waals surface area contributed by atoms with Gasteiger partial charge in [0.1, 0.15) is 12.7 Å². The van der Waals surface area contributed by atoms with E-state index in [1.807, 2.05) is 0 Å². The maximum Gasteiger partial charge on any atom is 0.305 e. The molecule has 3 unspecified atom stereocenters. The van der Waals surface area contributed by atoms with Crippen LogP contribution in [-0.2, 0) is 23.8 Å². The number of carbonyl (C=O) groups is 3. The van der Waals surface area contributed by atoms with Crippen LogP contribution in [-0.4, -0.2) is 54.1 Å². The van der Waals surface area contributed by atoms with Crippen molar-refractivity contribution in [2.75, 3.05) is 13.2 Å². The van der Waals surface area contributed by atoms with Crippen molar-refractivity contribution < 1.29 is 33.7 Å². The highest BCUT2D eigenvalue weighted by Crippen LogP contribution is 2.29. The molecule has 3 atom stereocenters. The summed E-state index contributed by atoms with van der Waals surface area (Å²) in [7, 11) is 0. The summed E-state index contributed by atoms with van der Waals surface area (Å²) in [6, 6.07) is 7.90. The van der Waals surface area contributed by atoms with Gasteiger partial charge in [-0.25, -0.2) is 0 Å². The number of amides is 1. The molecule has 8 nitrogen and oxygen atoms in total. The van der Waals surface area contributed by atoms with Crippen LogP contribution >= 0.6 is 0 Å². The van der Waals surface area contributed by atoms with Crippen LogP contribution in [0.2, 0.25) is 0 Å². The number of benzene rings is 1. The summed E-state index contributed by atoms with van der Waals surface area (Å²) in [5.41, 5.74) is 0.447. The Morgan fingerprint density at radius 3 is 2.48 bits per heavy atom. The first kappa shape index (κ1) is 18.9. The van der Waals surface area contributed by atoms with Crippen LogP contribution in [0.3, 0.4) is 0 Å². The molecule has 2 N–H and O–H groups in total. The summed E-state index contributed by atoms with van der Waals surface area (Å²) in [4.78, 5) is 35.0. The summed E-state index contributed by atoms with van der Waals surface area (Å²) in [6.07, 6.45) is -0.909. The Morgan fingerprint density at radius 2 is 1.92 bits per heavy atom. The minimum atomic E-state index is -1.60. The van der Waals surface area contributed by atoms with Gasteiger partial charge in [-0.1, -0.05) is 18.2 Å². The van der Waals surface area contributed by atoms with Gasteiger partial charge in [-0.3, -0.25) is 14.4 Å². The Balaban J connectivity index is 2.13. The van der Waals surface area contributed by atoms with Crippen LogP contribution in [0.15, 0.2) is 30.3 Å². The van der Waals surface area contributed by atoms with E-state index in [4.69, 9.17) is 14.2 Å². The lowest BCUT2D eigenvalue weighted by Gasteiger charge is -2.42. The number of ether oxygens (including phenoxy) is 3. The standard InChI is InChI=1S/C17H21NO7/c1-11(20)24-15-8-17(10-19,25-12(2)21)23-9-14(15)18-16(22)13-6-4-3-5-7-13/h3-7,14-15,19H,8-10H2,1-2H3,(H,18,22). The zero-order valence-electron chi connectivity index (χ0n) is 14.1. The molecule has 2 rings (SSSR count). The number of hydrogen-bond acceptors (Lipinski definition) is 7. The lowest BCUT2D eigenvalue weighted by Crippen LogP contribution is -2.59. The molecule has 1 saturated heterocycles. The van der Waals surface area contributed by atoms with E-state index in [1.54, 1.807) is 30.3 Å². The predicted molar refractivity (Wildman–Crippen MR) is 85.4 cm³/mol. The molecule has 1 aromatic rings. The van der Waals surface area contributed by atoms with Crippen LogP contribution in [0.1, 0.15) is 30.6 Å². The normalized spacial score (nSPS) is 25.7. The van der Waals surface area contributed by atoms with E-state index in [0.717, 1.165) is 0 Å². The van der Waals surface area contributed by atoms with Gasteiger partial charge in [0, 0.05) is 19.4 Å². The van der Waals surface area contributed by atoms with Gasteiger partial charge in [0.15, 0.2) is 0 Å². The van der Waals surface area contributed by atoms with Gasteiger partial charge in [-0.15, -0.1) is 0 Å². The van der Waals surface area contributed by atoms with E-state index in [-0.39, 0.29) is 18.9 Å². The Bertz CT molecular complexity index is 633. The van der Waals surface area contributed by atoms with E-state index < -0.39 is 36.5 Å². The average molecular weight is 351 g/mol. The summed E-state index contributed by atoms with van der Waals surface area (Å²) < 4.78 is 15.8. The molecule has 1 aromatic carbocycles. The van der Waals surface area contributed by atoms with Crippen molar-refractivity contribution in [3.63, 3.8) is 0 Å². The van der Waals surface area contributed by atoms with E-state index in [0.29, 0.717) is 5.56 Å². The van der Waals surface area contributed by atoms with Crippen molar-refractivity contribution in [3.05, 3.63) is 35.9 Å². The predicted octanol–water partition coefficient (Wildman–Crippen LogP) is 0.389. The van der Waals surface area contributed by atoms with Crippen molar-refractivity contribution in [2.45, 2.75) is 38.2 Å². The first-order chi connectivity index (χ1) is 11.8. The maximum absolute atomic E-state index is 12.3. The second-order valence-corrected chi connectivity index (χ2v) is 5.77. The van der Waals surface area contributed by atoms with Gasteiger partial charge < -0.3 is 24.6 Å². The van der Waals surface area contributed by atoms with E-state index in [1.165, 1.54) is 13.8 Å². The summed E-state index contributed by atoms with van der Waals surface area (Å²) in [5, 5.41) is 12.3. The minimum Gasteiger partial charge on any atom is -0.460 e. The molecular formula is C17H21NO7. The average Bonchev–Trinajstić information content (AvgIpc) is 2.57. The highest BCUT2D eigenvalue weighted by Gasteiger charge is 2.46. The summed E-state index contributed by atoms with van der Waals surface area (Å²) in [6.45, 7) is 1.73. The van der Waals surface area contributed by atoms with E-state index in [2.05, 4.69) is 5.32 Å². The second-order valence-electron chi connectivity index (χ2n) is 5.77. The number of rotatable bonds is 5. The largest absolute Gasteiger partial charge is 0.460 e. The molecule has 1 heterocycles. The van der Waals surface area contributed by atoms with Gasteiger partial charge in [0.25, 0.3) is 5.91 Å². The van der Waals surface area contributed by atoms with Crippen molar-refractivity contribution in [1.82, 2.24) is 5.32 Å².